The van der Waals surface area contributed by atoms with Crippen LogP contribution in [0.3, 0.4) is 0 Å². The number of benzene rings is 1. The van der Waals surface area contributed by atoms with Gasteiger partial charge in [0.1, 0.15) is 0 Å². The van der Waals surface area contributed by atoms with Gasteiger partial charge in [-0.1, -0.05) is 31.9 Å². The Morgan fingerprint density at radius 3 is 2.57 bits per heavy atom. The Hall–Kier alpha value is -1.84. The Morgan fingerprint density at radius 1 is 1.14 bits per heavy atom. The summed E-state index contributed by atoms with van der Waals surface area (Å²) < 4.78 is 0. The van der Waals surface area contributed by atoms with Crippen LogP contribution in [-0.4, -0.2) is 29.8 Å². The minimum atomic E-state index is -0.00915. The fourth-order valence-electron chi connectivity index (χ4n) is 2.62. The number of rotatable bonds is 6. The number of hydrogen-bond donors (Lipinski definition) is 1. The molecule has 1 aliphatic heterocycles. The molecule has 0 radical (unpaired) electrons. The summed E-state index contributed by atoms with van der Waals surface area (Å²) in [4.78, 5) is 26.3. The Labute approximate surface area is 126 Å². The minimum absolute atomic E-state index is 0.00915. The van der Waals surface area contributed by atoms with Crippen molar-refractivity contribution in [2.75, 3.05) is 18.4 Å². The predicted molar refractivity (Wildman–Crippen MR) is 84.4 cm³/mol. The van der Waals surface area contributed by atoms with Crippen molar-refractivity contribution in [3.05, 3.63) is 29.8 Å². The van der Waals surface area contributed by atoms with E-state index >= 15 is 0 Å². The van der Waals surface area contributed by atoms with E-state index < -0.39 is 0 Å². The van der Waals surface area contributed by atoms with E-state index in [0.717, 1.165) is 45.2 Å². The molecule has 21 heavy (non-hydrogen) atoms. The van der Waals surface area contributed by atoms with E-state index in [0.29, 0.717) is 17.7 Å². The zero-order valence-corrected chi connectivity index (χ0v) is 12.7. The molecule has 1 N–H and O–H groups in total. The lowest BCUT2D eigenvalue weighted by Gasteiger charge is -2.18. The zero-order chi connectivity index (χ0) is 15.1. The summed E-state index contributed by atoms with van der Waals surface area (Å²) in [7, 11) is 0. The van der Waals surface area contributed by atoms with Gasteiger partial charge in [0.25, 0.3) is 5.91 Å². The molecule has 2 rings (SSSR count). The van der Waals surface area contributed by atoms with Crippen molar-refractivity contribution in [2.24, 2.45) is 0 Å². The number of unbranched alkanes of at least 4 members (excludes halogenated alkanes) is 2. The second-order valence-corrected chi connectivity index (χ2v) is 5.55. The van der Waals surface area contributed by atoms with Gasteiger partial charge in [-0.25, -0.2) is 0 Å². The van der Waals surface area contributed by atoms with Crippen LogP contribution in [-0.2, 0) is 4.79 Å². The van der Waals surface area contributed by atoms with Crippen LogP contribution in [0.5, 0.6) is 0 Å². The second kappa shape index (κ2) is 7.81. The summed E-state index contributed by atoms with van der Waals surface area (Å²) in [6, 6.07) is 7.29. The Balaban J connectivity index is 2.02. The lowest BCUT2D eigenvalue weighted by molar-refractivity contribution is -0.116. The standard InChI is InChI=1S/C17H24N2O2/c1-2-3-4-11-16(20)18-15-10-6-5-9-14(15)17(21)19-12-7-8-13-19/h5-6,9-10H,2-4,7-8,11-13H2,1H3,(H,18,20). The van der Waals surface area contributed by atoms with Crippen LogP contribution in [0.2, 0.25) is 0 Å². The lowest BCUT2D eigenvalue weighted by atomic mass is 10.1. The summed E-state index contributed by atoms with van der Waals surface area (Å²) in [5.74, 6) is 0.0158. The average molecular weight is 288 g/mol. The van der Waals surface area contributed by atoms with Crippen LogP contribution >= 0.6 is 0 Å². The van der Waals surface area contributed by atoms with Gasteiger partial charge in [-0.15, -0.1) is 0 Å². The molecular formula is C17H24N2O2. The lowest BCUT2D eigenvalue weighted by Crippen LogP contribution is -2.28. The van der Waals surface area contributed by atoms with E-state index in [4.69, 9.17) is 0 Å². The number of amides is 2. The van der Waals surface area contributed by atoms with Gasteiger partial charge in [-0.05, 0) is 31.4 Å². The maximum atomic E-state index is 12.5. The summed E-state index contributed by atoms with van der Waals surface area (Å²) in [6.45, 7) is 3.75. The third kappa shape index (κ3) is 4.31. The Morgan fingerprint density at radius 2 is 1.86 bits per heavy atom. The molecule has 1 heterocycles. The number of nitrogens with one attached hydrogen (secondary N) is 1. The maximum Gasteiger partial charge on any atom is 0.255 e. The molecule has 1 aromatic rings. The Kier molecular flexibility index (Phi) is 5.78. The maximum absolute atomic E-state index is 12.5. The van der Waals surface area contributed by atoms with Crippen LogP contribution in [0.15, 0.2) is 24.3 Å². The SMILES string of the molecule is CCCCCC(=O)Nc1ccccc1C(=O)N1CCCC1. The summed E-state index contributed by atoms with van der Waals surface area (Å²) in [6.07, 6.45) is 5.69. The fourth-order valence-corrected chi connectivity index (χ4v) is 2.62. The van der Waals surface area contributed by atoms with Crippen LogP contribution in [0, 0.1) is 0 Å². The average Bonchev–Trinajstić information content (AvgIpc) is 3.01. The first-order valence-corrected chi connectivity index (χ1v) is 7.90. The van der Waals surface area contributed by atoms with Crippen molar-refractivity contribution in [1.82, 2.24) is 4.90 Å². The van der Waals surface area contributed by atoms with Gasteiger partial charge in [-0.3, -0.25) is 9.59 Å². The van der Waals surface area contributed by atoms with Gasteiger partial charge >= 0.3 is 0 Å². The molecule has 1 aromatic carbocycles. The second-order valence-electron chi connectivity index (χ2n) is 5.55. The van der Waals surface area contributed by atoms with Crippen molar-refractivity contribution >= 4 is 17.5 Å². The number of nitrogens with zero attached hydrogens (tertiary/aromatic N) is 1. The summed E-state index contributed by atoms with van der Waals surface area (Å²) >= 11 is 0. The van der Waals surface area contributed by atoms with Gasteiger partial charge in [0.15, 0.2) is 0 Å². The smallest absolute Gasteiger partial charge is 0.255 e. The molecule has 2 amide bonds. The van der Waals surface area contributed by atoms with Crippen LogP contribution in [0.4, 0.5) is 5.69 Å². The number of likely N-dealkylation sites (tertiary alicyclic amines) is 1. The van der Waals surface area contributed by atoms with E-state index in [1.54, 1.807) is 12.1 Å². The fraction of sp³-hybridized carbons (Fsp3) is 0.529. The molecule has 0 bridgehead atoms. The van der Waals surface area contributed by atoms with Gasteiger partial charge < -0.3 is 10.2 Å². The zero-order valence-electron chi connectivity index (χ0n) is 12.7. The number of anilines is 1. The van der Waals surface area contributed by atoms with Crippen molar-refractivity contribution in [2.45, 2.75) is 45.4 Å². The number of para-hydroxylation sites is 1. The summed E-state index contributed by atoms with van der Waals surface area (Å²) in [5.41, 5.74) is 1.24. The molecule has 4 nitrogen and oxygen atoms in total. The van der Waals surface area contributed by atoms with Gasteiger partial charge in [0.05, 0.1) is 11.3 Å². The van der Waals surface area contributed by atoms with E-state index in [1.165, 1.54) is 0 Å². The molecule has 0 aliphatic carbocycles. The van der Waals surface area contributed by atoms with Crippen LogP contribution in [0.1, 0.15) is 55.8 Å². The molecular weight excluding hydrogens is 264 g/mol. The first-order valence-electron chi connectivity index (χ1n) is 7.90. The highest BCUT2D eigenvalue weighted by molar-refractivity contribution is 6.03. The van der Waals surface area contributed by atoms with Gasteiger partial charge in [-0.2, -0.15) is 0 Å². The molecule has 4 heteroatoms. The van der Waals surface area contributed by atoms with Crippen molar-refractivity contribution in [3.63, 3.8) is 0 Å². The third-order valence-corrected chi connectivity index (χ3v) is 3.83. The highest BCUT2D eigenvalue weighted by atomic mass is 16.2. The molecule has 114 valence electrons. The molecule has 1 saturated heterocycles. The minimum Gasteiger partial charge on any atom is -0.339 e. The van der Waals surface area contributed by atoms with Gasteiger partial charge in [0, 0.05) is 19.5 Å². The van der Waals surface area contributed by atoms with Crippen molar-refractivity contribution < 1.29 is 9.59 Å². The predicted octanol–water partition coefficient (Wildman–Crippen LogP) is 3.44. The number of carbonyl (C=O) groups excluding carboxylic acids is 2. The van der Waals surface area contributed by atoms with E-state index in [-0.39, 0.29) is 11.8 Å². The normalized spacial score (nSPS) is 14.2. The highest BCUT2D eigenvalue weighted by Gasteiger charge is 2.22. The molecule has 0 unspecified atom stereocenters. The first-order chi connectivity index (χ1) is 10.2. The monoisotopic (exact) mass is 288 g/mol. The number of hydrogen-bond acceptors (Lipinski definition) is 2. The van der Waals surface area contributed by atoms with Crippen molar-refractivity contribution in [3.8, 4) is 0 Å². The molecule has 1 fully saturated rings. The largest absolute Gasteiger partial charge is 0.339 e. The molecule has 0 saturated carbocycles. The number of carbonyl (C=O) groups is 2. The highest BCUT2D eigenvalue weighted by Crippen LogP contribution is 2.20. The molecule has 1 aliphatic rings. The van der Waals surface area contributed by atoms with Gasteiger partial charge in [0.2, 0.25) is 5.91 Å². The first kappa shape index (κ1) is 15.5. The molecule has 0 atom stereocenters. The topological polar surface area (TPSA) is 49.4 Å². The van der Waals surface area contributed by atoms with Crippen molar-refractivity contribution in [1.29, 1.82) is 0 Å². The van der Waals surface area contributed by atoms with Crippen LogP contribution in [0.25, 0.3) is 0 Å². The van der Waals surface area contributed by atoms with Crippen LogP contribution < -0.4 is 5.32 Å². The molecule has 0 aromatic heterocycles. The van der Waals surface area contributed by atoms with E-state index in [2.05, 4.69) is 12.2 Å². The Bertz CT molecular complexity index is 493. The quantitative estimate of drug-likeness (QED) is 0.815. The summed E-state index contributed by atoms with van der Waals surface area (Å²) in [5, 5.41) is 2.89. The van der Waals surface area contributed by atoms with E-state index in [9.17, 15) is 9.59 Å². The molecule has 0 spiro atoms. The third-order valence-electron chi connectivity index (χ3n) is 3.83. The van der Waals surface area contributed by atoms with E-state index in [1.807, 2.05) is 17.0 Å².